The van der Waals surface area contributed by atoms with Gasteiger partial charge < -0.3 is 40.3 Å². The van der Waals surface area contributed by atoms with Gasteiger partial charge in [-0.1, -0.05) is 234 Å². The highest BCUT2D eigenvalue weighted by atomic mass is 16.7. The third-order valence-electron chi connectivity index (χ3n) is 13.0. The fourth-order valence-corrected chi connectivity index (χ4v) is 8.58. The summed E-state index contributed by atoms with van der Waals surface area (Å²) in [7, 11) is 0. The van der Waals surface area contributed by atoms with E-state index in [0.29, 0.717) is 6.42 Å². The van der Waals surface area contributed by atoms with Crippen molar-refractivity contribution < 1.29 is 39.8 Å². The maximum absolute atomic E-state index is 13.0. The van der Waals surface area contributed by atoms with Gasteiger partial charge in [-0.25, -0.2) is 0 Å². The fraction of sp³-hybridized carbons (Fsp3) is 0.780. The first kappa shape index (κ1) is 63.6. The smallest absolute Gasteiger partial charge is 0.220 e. The highest BCUT2D eigenvalue weighted by molar-refractivity contribution is 5.76. The molecule has 0 bridgehead atoms. The first-order chi connectivity index (χ1) is 33.3. The zero-order valence-electron chi connectivity index (χ0n) is 43.6. The van der Waals surface area contributed by atoms with Gasteiger partial charge >= 0.3 is 0 Å². The summed E-state index contributed by atoms with van der Waals surface area (Å²) in [5, 5.41) is 54.3. The topological polar surface area (TPSA) is 149 Å². The Kier molecular flexibility index (Phi) is 45.2. The molecule has 1 aliphatic rings. The largest absolute Gasteiger partial charge is 0.394 e. The summed E-state index contributed by atoms with van der Waals surface area (Å²) < 4.78 is 11.2. The molecule has 0 aliphatic carbocycles. The van der Waals surface area contributed by atoms with Gasteiger partial charge in [0.05, 0.1) is 25.4 Å². The van der Waals surface area contributed by atoms with Crippen molar-refractivity contribution in [2.75, 3.05) is 13.2 Å². The van der Waals surface area contributed by atoms with Gasteiger partial charge in [-0.05, 0) is 70.6 Å². The monoisotopic (exact) mass is 956 g/mol. The van der Waals surface area contributed by atoms with Crippen LogP contribution in [0.4, 0.5) is 0 Å². The predicted octanol–water partition coefficient (Wildman–Crippen LogP) is 13.7. The van der Waals surface area contributed by atoms with Gasteiger partial charge in [-0.15, -0.1) is 0 Å². The molecule has 1 heterocycles. The quantitative estimate of drug-likeness (QED) is 0.0261. The van der Waals surface area contributed by atoms with Crippen LogP contribution in [0.25, 0.3) is 0 Å². The van der Waals surface area contributed by atoms with Crippen molar-refractivity contribution in [1.29, 1.82) is 0 Å². The number of aliphatic hydroxyl groups is 5. The Morgan fingerprint density at radius 2 is 0.926 bits per heavy atom. The van der Waals surface area contributed by atoms with E-state index in [9.17, 15) is 30.3 Å². The second-order valence-electron chi connectivity index (χ2n) is 19.3. The summed E-state index contributed by atoms with van der Waals surface area (Å²) >= 11 is 0. The van der Waals surface area contributed by atoms with Crippen LogP contribution in [0.15, 0.2) is 72.9 Å². The summed E-state index contributed by atoms with van der Waals surface area (Å²) in [5.41, 5.74) is 0. The van der Waals surface area contributed by atoms with E-state index in [-0.39, 0.29) is 12.5 Å². The third kappa shape index (κ3) is 37.5. The lowest BCUT2D eigenvalue weighted by Gasteiger charge is -2.40. The van der Waals surface area contributed by atoms with Crippen LogP contribution in [0, 0.1) is 0 Å². The molecule has 1 fully saturated rings. The van der Waals surface area contributed by atoms with Crippen molar-refractivity contribution in [1.82, 2.24) is 5.32 Å². The highest BCUT2D eigenvalue weighted by Crippen LogP contribution is 2.23. The molecule has 9 heteroatoms. The SMILES string of the molecule is CC/C=C\C/C=C\C/C=C\C/C=C\CCCCCCCCCCCCCCCCCCCCCCC(=O)NC(COC1OC(CO)C(O)C(O)C1O)C(O)/C=C/CC/C=C/CCCCCCCC. The minimum absolute atomic E-state index is 0.187. The van der Waals surface area contributed by atoms with E-state index < -0.39 is 49.5 Å². The van der Waals surface area contributed by atoms with E-state index in [1.807, 2.05) is 6.08 Å². The van der Waals surface area contributed by atoms with Crippen LogP contribution >= 0.6 is 0 Å². The number of ether oxygens (including phenoxy) is 2. The summed E-state index contributed by atoms with van der Waals surface area (Å²) in [6.07, 6.45) is 59.9. The molecule has 1 amide bonds. The van der Waals surface area contributed by atoms with Crippen LogP contribution in [0.3, 0.4) is 0 Å². The van der Waals surface area contributed by atoms with Crippen LogP contribution in [0.5, 0.6) is 0 Å². The Morgan fingerprint density at radius 1 is 0.515 bits per heavy atom. The number of carbonyl (C=O) groups is 1. The van der Waals surface area contributed by atoms with Crippen molar-refractivity contribution in [2.45, 2.75) is 281 Å². The summed E-state index contributed by atoms with van der Waals surface area (Å²) in [4.78, 5) is 13.0. The molecule has 0 aromatic rings. The molecular formula is C59H105NO8. The van der Waals surface area contributed by atoms with Crippen LogP contribution in [0.1, 0.15) is 239 Å². The van der Waals surface area contributed by atoms with E-state index in [4.69, 9.17) is 9.47 Å². The van der Waals surface area contributed by atoms with E-state index in [0.717, 1.165) is 64.2 Å². The number of hydrogen-bond donors (Lipinski definition) is 6. The maximum Gasteiger partial charge on any atom is 0.220 e. The molecule has 7 atom stereocenters. The van der Waals surface area contributed by atoms with Crippen molar-refractivity contribution in [3.8, 4) is 0 Å². The molecule has 68 heavy (non-hydrogen) atoms. The first-order valence-corrected chi connectivity index (χ1v) is 28.2. The summed E-state index contributed by atoms with van der Waals surface area (Å²) in [6, 6.07) is -0.821. The number of carbonyl (C=O) groups excluding carboxylic acids is 1. The molecule has 0 radical (unpaired) electrons. The number of unbranched alkanes of at least 4 members (excludes halogenated alkanes) is 27. The van der Waals surface area contributed by atoms with E-state index in [2.05, 4.69) is 79.9 Å². The van der Waals surface area contributed by atoms with Crippen LogP contribution in [0.2, 0.25) is 0 Å². The molecule has 394 valence electrons. The van der Waals surface area contributed by atoms with E-state index in [1.165, 1.54) is 154 Å². The van der Waals surface area contributed by atoms with Gasteiger partial charge in [0.1, 0.15) is 24.4 Å². The number of allylic oxidation sites excluding steroid dienone is 11. The number of hydrogen-bond acceptors (Lipinski definition) is 8. The molecule has 9 nitrogen and oxygen atoms in total. The van der Waals surface area contributed by atoms with E-state index in [1.54, 1.807) is 6.08 Å². The minimum atomic E-state index is -1.57. The minimum Gasteiger partial charge on any atom is -0.394 e. The Hall–Kier alpha value is -2.37. The van der Waals surface area contributed by atoms with Crippen molar-refractivity contribution in [3.63, 3.8) is 0 Å². The Balaban J connectivity index is 2.12. The number of aliphatic hydroxyl groups excluding tert-OH is 5. The normalized spacial score (nSPS) is 20.1. The zero-order valence-corrected chi connectivity index (χ0v) is 43.6. The second-order valence-corrected chi connectivity index (χ2v) is 19.3. The first-order valence-electron chi connectivity index (χ1n) is 28.2. The number of nitrogens with one attached hydrogen (secondary N) is 1. The van der Waals surface area contributed by atoms with E-state index >= 15 is 0 Å². The third-order valence-corrected chi connectivity index (χ3v) is 13.0. The molecule has 1 aliphatic heterocycles. The molecule has 0 spiro atoms. The van der Waals surface area contributed by atoms with Gasteiger partial charge in [0, 0.05) is 6.42 Å². The molecule has 0 aromatic heterocycles. The number of rotatable bonds is 47. The Labute approximate surface area is 417 Å². The van der Waals surface area contributed by atoms with Crippen LogP contribution in [-0.2, 0) is 14.3 Å². The van der Waals surface area contributed by atoms with Gasteiger partial charge in [0.15, 0.2) is 6.29 Å². The summed E-state index contributed by atoms with van der Waals surface area (Å²) in [5.74, 6) is -0.187. The van der Waals surface area contributed by atoms with Gasteiger partial charge in [-0.2, -0.15) is 0 Å². The fourth-order valence-electron chi connectivity index (χ4n) is 8.58. The number of amides is 1. The maximum atomic E-state index is 13.0. The molecule has 0 saturated carbocycles. The lowest BCUT2D eigenvalue weighted by atomic mass is 9.99. The van der Waals surface area contributed by atoms with Crippen molar-refractivity contribution in [2.24, 2.45) is 0 Å². The lowest BCUT2D eigenvalue weighted by molar-refractivity contribution is -0.302. The van der Waals surface area contributed by atoms with Crippen molar-refractivity contribution >= 4 is 5.91 Å². The van der Waals surface area contributed by atoms with Gasteiger partial charge in [0.2, 0.25) is 5.91 Å². The molecule has 1 rings (SSSR count). The molecular weight excluding hydrogens is 851 g/mol. The van der Waals surface area contributed by atoms with Gasteiger partial charge in [-0.3, -0.25) is 4.79 Å². The Bertz CT molecular complexity index is 1290. The molecule has 1 saturated heterocycles. The molecule has 7 unspecified atom stereocenters. The standard InChI is InChI=1S/C59H105NO8/c1-3-5-7-9-11-13-15-17-18-19-20-21-22-23-24-25-26-27-28-29-30-31-32-33-34-35-36-37-39-41-43-45-47-49-55(63)60-52(51-67-59-58(66)57(65)56(64)54(50-61)68-59)53(62)48-46-44-42-40-38-16-14-12-10-8-6-4-2/h5,7,11,13,17-18,20-21,38,40,46,48,52-54,56-59,61-62,64-66H,3-4,6,8-10,12,14-16,19,22-37,39,41-45,47,49-51H2,1-2H3,(H,60,63)/b7-5-,13-11-,18-17-,21-20-,40-38+,48-46+. The highest BCUT2D eigenvalue weighted by Gasteiger charge is 2.44. The zero-order chi connectivity index (χ0) is 49.4. The molecule has 6 N–H and O–H groups in total. The summed E-state index contributed by atoms with van der Waals surface area (Å²) in [6.45, 7) is 3.63. The lowest BCUT2D eigenvalue weighted by Crippen LogP contribution is -2.60. The average Bonchev–Trinajstić information content (AvgIpc) is 3.34. The van der Waals surface area contributed by atoms with Crippen LogP contribution < -0.4 is 5.32 Å². The predicted molar refractivity (Wildman–Crippen MR) is 285 cm³/mol. The Morgan fingerprint density at radius 3 is 1.41 bits per heavy atom. The second kappa shape index (κ2) is 48.3. The van der Waals surface area contributed by atoms with Crippen LogP contribution in [-0.4, -0.2) is 87.5 Å². The molecule has 0 aromatic carbocycles. The van der Waals surface area contributed by atoms with Gasteiger partial charge in [0.25, 0.3) is 0 Å². The van der Waals surface area contributed by atoms with Crippen molar-refractivity contribution in [3.05, 3.63) is 72.9 Å². The average molecular weight is 956 g/mol.